The summed E-state index contributed by atoms with van der Waals surface area (Å²) in [5.74, 6) is 0.482. The maximum Gasteiger partial charge on any atom is 0.323 e. The summed E-state index contributed by atoms with van der Waals surface area (Å²) in [4.78, 5) is 31.8. The van der Waals surface area contributed by atoms with Crippen LogP contribution in [0, 0.1) is 5.41 Å². The van der Waals surface area contributed by atoms with Crippen LogP contribution in [0.4, 0.5) is 0 Å². The fourth-order valence-electron chi connectivity index (χ4n) is 5.58. The summed E-state index contributed by atoms with van der Waals surface area (Å²) in [5.41, 5.74) is 1.82. The number of esters is 2. The predicted octanol–water partition coefficient (Wildman–Crippen LogP) is 6.37. The Morgan fingerprint density at radius 1 is 1.02 bits per heavy atom. The van der Waals surface area contributed by atoms with Crippen molar-refractivity contribution in [1.82, 2.24) is 14.9 Å². The first-order valence-corrected chi connectivity index (χ1v) is 14.8. The van der Waals surface area contributed by atoms with Gasteiger partial charge in [0.25, 0.3) is 0 Å². The summed E-state index contributed by atoms with van der Waals surface area (Å²) in [6.45, 7) is 9.34. The average Bonchev–Trinajstić information content (AvgIpc) is 3.29. The van der Waals surface area contributed by atoms with E-state index in [1.54, 1.807) is 0 Å². The molecule has 0 radical (unpaired) electrons. The molecule has 1 aliphatic rings. The van der Waals surface area contributed by atoms with Gasteiger partial charge in [-0.3, -0.25) is 9.59 Å². The summed E-state index contributed by atoms with van der Waals surface area (Å²) in [5, 5.41) is 3.48. The molecule has 2 aromatic carbocycles. The number of hydrogen-bond acceptors (Lipinski definition) is 6. The number of imidazole rings is 1. The molecule has 0 amide bonds. The Morgan fingerprint density at radius 2 is 1.73 bits per heavy atom. The highest BCUT2D eigenvalue weighted by Gasteiger charge is 2.43. The predicted molar refractivity (Wildman–Crippen MR) is 158 cm³/mol. The Morgan fingerprint density at radius 3 is 2.42 bits per heavy atom. The summed E-state index contributed by atoms with van der Waals surface area (Å²) < 4.78 is 13.9. The normalized spacial score (nSPS) is 16.0. The van der Waals surface area contributed by atoms with E-state index in [1.807, 2.05) is 69.3 Å². The van der Waals surface area contributed by atoms with Crippen LogP contribution in [0.3, 0.4) is 0 Å². The number of hydrogen-bond donors (Lipinski definition) is 1. The van der Waals surface area contributed by atoms with Gasteiger partial charge in [-0.2, -0.15) is 0 Å². The number of fused-ring (bicyclic) bond motifs is 1. The van der Waals surface area contributed by atoms with E-state index in [2.05, 4.69) is 22.9 Å². The lowest BCUT2D eigenvalue weighted by molar-refractivity contribution is -0.170. The van der Waals surface area contributed by atoms with Crippen LogP contribution >= 0.6 is 0 Å². The first-order valence-electron chi connectivity index (χ1n) is 14.8. The number of nitrogens with one attached hydrogen (secondary N) is 1. The number of nitrogens with zero attached hydrogens (tertiary/aromatic N) is 2. The van der Waals surface area contributed by atoms with Gasteiger partial charge in [0.1, 0.15) is 24.1 Å². The molecule has 3 aromatic rings. The molecule has 1 N–H and O–H groups in total. The number of aromatic nitrogens is 2. The third kappa shape index (κ3) is 7.72. The largest absolute Gasteiger partial charge is 0.460 e. The van der Waals surface area contributed by atoms with Crippen molar-refractivity contribution < 1.29 is 19.1 Å². The smallest absolute Gasteiger partial charge is 0.323 e. The molecule has 0 unspecified atom stereocenters. The molecular weight excluding hydrogens is 502 g/mol. The topological polar surface area (TPSA) is 82.5 Å². The molecule has 4 rings (SSSR count). The van der Waals surface area contributed by atoms with Crippen LogP contribution in [0.1, 0.15) is 84.0 Å². The molecule has 0 saturated heterocycles. The Labute approximate surface area is 238 Å². The summed E-state index contributed by atoms with van der Waals surface area (Å²) in [6.07, 6.45) is 6.71. The van der Waals surface area contributed by atoms with Crippen molar-refractivity contribution in [2.45, 2.75) is 104 Å². The van der Waals surface area contributed by atoms with Crippen molar-refractivity contribution in [1.29, 1.82) is 0 Å². The van der Waals surface area contributed by atoms with Crippen LogP contribution in [-0.2, 0) is 38.6 Å². The minimum absolute atomic E-state index is 0.173. The van der Waals surface area contributed by atoms with E-state index in [-0.39, 0.29) is 18.5 Å². The number of carbonyl (C=O) groups excluding carboxylic acids is 2. The van der Waals surface area contributed by atoms with Gasteiger partial charge in [-0.25, -0.2) is 4.98 Å². The van der Waals surface area contributed by atoms with Gasteiger partial charge >= 0.3 is 11.9 Å². The second-order valence-electron chi connectivity index (χ2n) is 12.1. The number of carbonyl (C=O) groups is 2. The second kappa shape index (κ2) is 13.4. The summed E-state index contributed by atoms with van der Waals surface area (Å²) in [6, 6.07) is 17.3. The van der Waals surface area contributed by atoms with E-state index >= 15 is 0 Å². The third-order valence-corrected chi connectivity index (χ3v) is 7.68. The zero-order valence-electron chi connectivity index (χ0n) is 24.6. The number of benzene rings is 2. The minimum Gasteiger partial charge on any atom is -0.460 e. The van der Waals surface area contributed by atoms with Crippen LogP contribution in [0.5, 0.6) is 0 Å². The highest BCUT2D eigenvalue weighted by atomic mass is 16.6. The fourth-order valence-corrected chi connectivity index (χ4v) is 5.58. The van der Waals surface area contributed by atoms with Crippen molar-refractivity contribution in [2.24, 2.45) is 5.41 Å². The van der Waals surface area contributed by atoms with Gasteiger partial charge in [-0.1, -0.05) is 68.7 Å². The van der Waals surface area contributed by atoms with Crippen LogP contribution in [0.2, 0.25) is 0 Å². The molecule has 1 aliphatic carbocycles. The van der Waals surface area contributed by atoms with Gasteiger partial charge in [-0.05, 0) is 64.2 Å². The van der Waals surface area contributed by atoms with Crippen molar-refractivity contribution in [2.75, 3.05) is 6.54 Å². The van der Waals surface area contributed by atoms with Gasteiger partial charge in [0.05, 0.1) is 16.4 Å². The lowest BCUT2D eigenvalue weighted by Crippen LogP contribution is -2.50. The second-order valence-corrected chi connectivity index (χ2v) is 12.1. The highest BCUT2D eigenvalue weighted by molar-refractivity contribution is 5.79. The molecule has 1 heterocycles. The number of para-hydroxylation sites is 2. The van der Waals surface area contributed by atoms with Gasteiger partial charge in [-0.15, -0.1) is 0 Å². The molecule has 0 spiro atoms. The lowest BCUT2D eigenvalue weighted by Gasteiger charge is -2.38. The maximum atomic E-state index is 13.5. The Balaban J connectivity index is 1.53. The fraction of sp³-hybridized carbons (Fsp3) is 0.545. The van der Waals surface area contributed by atoms with E-state index in [0.717, 1.165) is 67.5 Å². The first-order chi connectivity index (χ1) is 19.2. The molecule has 1 atom stereocenters. The molecule has 1 saturated carbocycles. The number of ether oxygens (including phenoxy) is 2. The first kappa shape index (κ1) is 29.8. The molecule has 40 heavy (non-hydrogen) atoms. The van der Waals surface area contributed by atoms with Gasteiger partial charge < -0.3 is 19.4 Å². The van der Waals surface area contributed by atoms with E-state index in [0.29, 0.717) is 19.4 Å². The average molecular weight is 548 g/mol. The quantitative estimate of drug-likeness (QED) is 0.265. The molecule has 216 valence electrons. The third-order valence-electron chi connectivity index (χ3n) is 7.68. The lowest BCUT2D eigenvalue weighted by atomic mass is 9.73. The zero-order valence-corrected chi connectivity index (χ0v) is 24.6. The number of rotatable bonds is 12. The monoisotopic (exact) mass is 547 g/mol. The zero-order chi connectivity index (χ0) is 28.6. The van der Waals surface area contributed by atoms with Crippen molar-refractivity contribution in [3.63, 3.8) is 0 Å². The van der Waals surface area contributed by atoms with Gasteiger partial charge in [0.15, 0.2) is 0 Å². The Hall–Kier alpha value is -3.19. The SMILES string of the molecule is CCCn1c(CC[C@H](NCC2(C(=O)OC(C)(C)C)CCCCC2)C(=O)OCc2ccccc2)nc2ccccc21. The van der Waals surface area contributed by atoms with Crippen molar-refractivity contribution >= 4 is 23.0 Å². The standard InChI is InChI=1S/C33H45N3O4/c1-5-22-36-28-17-11-10-16-26(28)35-29(36)19-18-27(30(37)39-23-25-14-8-6-9-15-25)34-24-33(20-12-7-13-21-33)31(38)40-32(2,3)4/h6,8-11,14-17,27,34H,5,7,12-13,18-24H2,1-4H3/t27-/m0/s1. The molecule has 0 bridgehead atoms. The van der Waals surface area contributed by atoms with E-state index in [1.165, 1.54) is 0 Å². The molecular formula is C33H45N3O4. The minimum atomic E-state index is -0.640. The Bertz CT molecular complexity index is 1260. The van der Waals surface area contributed by atoms with Gasteiger partial charge in [0.2, 0.25) is 0 Å². The van der Waals surface area contributed by atoms with Crippen LogP contribution in [0.25, 0.3) is 11.0 Å². The summed E-state index contributed by atoms with van der Waals surface area (Å²) in [7, 11) is 0. The van der Waals surface area contributed by atoms with Crippen molar-refractivity contribution in [3.05, 3.63) is 66.0 Å². The van der Waals surface area contributed by atoms with Crippen LogP contribution in [-0.4, -0.2) is 39.7 Å². The maximum absolute atomic E-state index is 13.5. The van der Waals surface area contributed by atoms with Crippen molar-refractivity contribution in [3.8, 4) is 0 Å². The number of aryl methyl sites for hydroxylation is 2. The molecule has 7 nitrogen and oxygen atoms in total. The van der Waals surface area contributed by atoms with Gasteiger partial charge in [0, 0.05) is 19.5 Å². The van der Waals surface area contributed by atoms with E-state index in [9.17, 15) is 9.59 Å². The molecule has 1 fully saturated rings. The summed E-state index contributed by atoms with van der Waals surface area (Å²) >= 11 is 0. The molecule has 1 aromatic heterocycles. The van der Waals surface area contributed by atoms with E-state index in [4.69, 9.17) is 14.5 Å². The molecule has 0 aliphatic heterocycles. The Kier molecular flexibility index (Phi) is 10.0. The van der Waals surface area contributed by atoms with Crippen LogP contribution < -0.4 is 5.32 Å². The highest BCUT2D eigenvalue weighted by Crippen LogP contribution is 2.38. The van der Waals surface area contributed by atoms with Crippen LogP contribution in [0.15, 0.2) is 54.6 Å². The molecule has 7 heteroatoms. The van der Waals surface area contributed by atoms with E-state index < -0.39 is 17.1 Å².